The number of carbonyl (C=O) groups is 1. The van der Waals surface area contributed by atoms with Crippen molar-refractivity contribution in [3.8, 4) is 0 Å². The lowest BCUT2D eigenvalue weighted by atomic mass is 10.1. The van der Waals surface area contributed by atoms with E-state index in [9.17, 15) is 4.79 Å². The van der Waals surface area contributed by atoms with Gasteiger partial charge < -0.3 is 4.90 Å². The van der Waals surface area contributed by atoms with Crippen molar-refractivity contribution < 1.29 is 4.79 Å². The van der Waals surface area contributed by atoms with Crippen molar-refractivity contribution in [2.75, 3.05) is 12.4 Å². The summed E-state index contributed by atoms with van der Waals surface area (Å²) in [7, 11) is 0. The number of likely N-dealkylation sites (tertiary alicyclic amines) is 1. The van der Waals surface area contributed by atoms with Crippen LogP contribution in [0, 0.1) is 0 Å². The first-order valence-corrected chi connectivity index (χ1v) is 5.12. The van der Waals surface area contributed by atoms with Gasteiger partial charge in [0.2, 0.25) is 5.91 Å². The van der Waals surface area contributed by atoms with E-state index in [0.29, 0.717) is 5.88 Å². The first-order chi connectivity index (χ1) is 5.75. The van der Waals surface area contributed by atoms with Crippen LogP contribution in [-0.4, -0.2) is 29.3 Å². The van der Waals surface area contributed by atoms with Gasteiger partial charge in [0.1, 0.15) is 0 Å². The molecule has 1 saturated heterocycles. The number of amides is 1. The molecular weight excluding hydrogens is 174 g/mol. The highest BCUT2D eigenvalue weighted by atomic mass is 35.5. The summed E-state index contributed by atoms with van der Waals surface area (Å²) in [6.45, 7) is 2.53. The Bertz CT molecular complexity index is 161. The number of hydrogen-bond donors (Lipinski definition) is 0. The van der Waals surface area contributed by atoms with Crippen LogP contribution in [0.1, 0.15) is 32.6 Å². The predicted octanol–water partition coefficient (Wildman–Crippen LogP) is 2.02. The molecule has 1 amide bonds. The minimum Gasteiger partial charge on any atom is -0.339 e. The molecule has 1 unspecified atom stereocenters. The van der Waals surface area contributed by atoms with Crippen molar-refractivity contribution in [2.24, 2.45) is 0 Å². The maximum Gasteiger partial charge on any atom is 0.219 e. The Hall–Kier alpha value is -0.240. The monoisotopic (exact) mass is 189 g/mol. The number of carbonyl (C=O) groups excluding carboxylic acids is 1. The van der Waals surface area contributed by atoms with Crippen molar-refractivity contribution in [3.63, 3.8) is 0 Å². The fourth-order valence-corrected chi connectivity index (χ4v) is 2.07. The van der Waals surface area contributed by atoms with Gasteiger partial charge in [0.05, 0.1) is 0 Å². The topological polar surface area (TPSA) is 20.3 Å². The third-order valence-electron chi connectivity index (χ3n) is 2.46. The second-order valence-corrected chi connectivity index (χ2v) is 3.68. The minimum atomic E-state index is 0.169. The number of rotatable bonds is 1. The maximum absolute atomic E-state index is 11.2. The quantitative estimate of drug-likeness (QED) is 0.578. The Labute approximate surface area is 78.9 Å². The van der Waals surface area contributed by atoms with Gasteiger partial charge in [-0.2, -0.15) is 0 Å². The fourth-order valence-electron chi connectivity index (χ4n) is 1.75. The summed E-state index contributed by atoms with van der Waals surface area (Å²) >= 11 is 5.80. The van der Waals surface area contributed by atoms with E-state index in [2.05, 4.69) is 0 Å². The Morgan fingerprint density at radius 3 is 2.83 bits per heavy atom. The van der Waals surface area contributed by atoms with Gasteiger partial charge in [-0.05, 0) is 12.8 Å². The van der Waals surface area contributed by atoms with Crippen molar-refractivity contribution >= 4 is 17.5 Å². The van der Waals surface area contributed by atoms with Gasteiger partial charge >= 0.3 is 0 Å². The lowest BCUT2D eigenvalue weighted by Crippen LogP contribution is -2.39. The van der Waals surface area contributed by atoms with Crippen molar-refractivity contribution in [1.82, 2.24) is 4.90 Å². The molecule has 0 aromatic rings. The minimum absolute atomic E-state index is 0.169. The summed E-state index contributed by atoms with van der Waals surface area (Å²) in [5, 5.41) is 0. The first kappa shape index (κ1) is 9.85. The van der Waals surface area contributed by atoms with Gasteiger partial charge in [-0.15, -0.1) is 11.6 Å². The highest BCUT2D eigenvalue weighted by molar-refractivity contribution is 6.18. The van der Waals surface area contributed by atoms with Gasteiger partial charge in [-0.3, -0.25) is 4.79 Å². The van der Waals surface area contributed by atoms with E-state index in [1.807, 2.05) is 4.90 Å². The third kappa shape index (κ3) is 2.37. The molecule has 1 fully saturated rings. The average Bonchev–Trinajstić information content (AvgIpc) is 2.27. The van der Waals surface area contributed by atoms with Crippen LogP contribution in [0.5, 0.6) is 0 Å². The second-order valence-electron chi connectivity index (χ2n) is 3.37. The lowest BCUT2D eigenvalue weighted by molar-refractivity contribution is -0.130. The summed E-state index contributed by atoms with van der Waals surface area (Å²) in [4.78, 5) is 13.1. The molecule has 0 aromatic carbocycles. The molecule has 0 saturated carbocycles. The van der Waals surface area contributed by atoms with E-state index in [-0.39, 0.29) is 11.9 Å². The first-order valence-electron chi connectivity index (χ1n) is 4.59. The molecule has 0 bridgehead atoms. The molecule has 0 N–H and O–H groups in total. The van der Waals surface area contributed by atoms with E-state index in [4.69, 9.17) is 11.6 Å². The SMILES string of the molecule is CC(=O)N1CCCCCC1CCl. The fraction of sp³-hybridized carbons (Fsp3) is 0.889. The molecule has 3 heteroatoms. The molecule has 0 aliphatic carbocycles. The van der Waals surface area contributed by atoms with Crippen LogP contribution in [0.15, 0.2) is 0 Å². The van der Waals surface area contributed by atoms with Crippen LogP contribution >= 0.6 is 11.6 Å². The Balaban J connectivity index is 2.57. The summed E-state index contributed by atoms with van der Waals surface area (Å²) in [6, 6.07) is 0.284. The van der Waals surface area contributed by atoms with Gasteiger partial charge in [0.25, 0.3) is 0 Å². The highest BCUT2D eigenvalue weighted by Gasteiger charge is 2.21. The Morgan fingerprint density at radius 2 is 2.25 bits per heavy atom. The molecular formula is C9H16ClNO. The lowest BCUT2D eigenvalue weighted by Gasteiger charge is -2.27. The zero-order valence-corrected chi connectivity index (χ0v) is 8.31. The van der Waals surface area contributed by atoms with Crippen molar-refractivity contribution in [2.45, 2.75) is 38.6 Å². The molecule has 0 aromatic heterocycles. The zero-order valence-electron chi connectivity index (χ0n) is 7.55. The Morgan fingerprint density at radius 1 is 1.50 bits per heavy atom. The maximum atomic E-state index is 11.2. The standard InChI is InChI=1S/C9H16ClNO/c1-8(12)11-6-4-2-3-5-9(11)7-10/h9H,2-7H2,1H3. The van der Waals surface area contributed by atoms with E-state index >= 15 is 0 Å². The van der Waals surface area contributed by atoms with Crippen molar-refractivity contribution in [1.29, 1.82) is 0 Å². The van der Waals surface area contributed by atoms with Crippen molar-refractivity contribution in [3.05, 3.63) is 0 Å². The number of alkyl halides is 1. The molecule has 1 heterocycles. The van der Waals surface area contributed by atoms with Crippen LogP contribution in [0.4, 0.5) is 0 Å². The van der Waals surface area contributed by atoms with Crippen LogP contribution in [0.2, 0.25) is 0 Å². The molecule has 0 spiro atoms. The normalized spacial score (nSPS) is 25.2. The third-order valence-corrected chi connectivity index (χ3v) is 2.82. The van der Waals surface area contributed by atoms with Gasteiger partial charge in [-0.1, -0.05) is 12.8 Å². The average molecular weight is 190 g/mol. The van der Waals surface area contributed by atoms with E-state index in [1.165, 1.54) is 12.8 Å². The number of nitrogens with zero attached hydrogens (tertiary/aromatic N) is 1. The summed E-state index contributed by atoms with van der Waals surface area (Å²) in [5.41, 5.74) is 0. The van der Waals surface area contributed by atoms with Crippen LogP contribution < -0.4 is 0 Å². The highest BCUT2D eigenvalue weighted by Crippen LogP contribution is 2.17. The smallest absolute Gasteiger partial charge is 0.219 e. The second kappa shape index (κ2) is 4.70. The summed E-state index contributed by atoms with van der Waals surface area (Å²) in [5.74, 6) is 0.752. The predicted molar refractivity (Wildman–Crippen MR) is 50.4 cm³/mol. The van der Waals surface area contributed by atoms with Gasteiger partial charge in [-0.25, -0.2) is 0 Å². The molecule has 2 nitrogen and oxygen atoms in total. The largest absolute Gasteiger partial charge is 0.339 e. The molecule has 0 radical (unpaired) electrons. The summed E-state index contributed by atoms with van der Waals surface area (Å²) in [6.07, 6.45) is 4.65. The molecule has 1 rings (SSSR count). The van der Waals surface area contributed by atoms with Gasteiger partial charge in [0.15, 0.2) is 0 Å². The van der Waals surface area contributed by atoms with E-state index in [0.717, 1.165) is 19.4 Å². The molecule has 1 atom stereocenters. The molecule has 12 heavy (non-hydrogen) atoms. The van der Waals surface area contributed by atoms with Gasteiger partial charge in [0, 0.05) is 25.4 Å². The molecule has 70 valence electrons. The number of halogens is 1. The molecule has 1 aliphatic heterocycles. The van der Waals surface area contributed by atoms with E-state index < -0.39 is 0 Å². The number of hydrogen-bond acceptors (Lipinski definition) is 1. The molecule has 1 aliphatic rings. The summed E-state index contributed by atoms with van der Waals surface area (Å²) < 4.78 is 0. The van der Waals surface area contributed by atoms with E-state index in [1.54, 1.807) is 6.92 Å². The Kier molecular flexibility index (Phi) is 3.86. The van der Waals surface area contributed by atoms with Crippen LogP contribution in [0.3, 0.4) is 0 Å². The van der Waals surface area contributed by atoms with Crippen LogP contribution in [0.25, 0.3) is 0 Å². The zero-order chi connectivity index (χ0) is 8.97. The van der Waals surface area contributed by atoms with Crippen LogP contribution in [-0.2, 0) is 4.79 Å².